The van der Waals surface area contributed by atoms with Gasteiger partial charge in [-0.2, -0.15) is 0 Å². The van der Waals surface area contributed by atoms with Crippen molar-refractivity contribution in [3.63, 3.8) is 0 Å². The molecule has 0 atom stereocenters. The van der Waals surface area contributed by atoms with Gasteiger partial charge in [0.05, 0.1) is 12.1 Å². The number of hydrogen-bond acceptors (Lipinski definition) is 3. The number of hydrogen-bond donors (Lipinski definition) is 2. The number of nitrogens with one attached hydrogen (secondary N) is 1. The van der Waals surface area contributed by atoms with E-state index >= 15 is 0 Å². The smallest absolute Gasteiger partial charge is 0.228 e. The molecule has 1 heterocycles. The lowest BCUT2D eigenvalue weighted by molar-refractivity contribution is -0.115. The molecule has 96 valence electrons. The Hall–Kier alpha value is -2.01. The lowest BCUT2D eigenvalue weighted by Gasteiger charge is -2.10. The molecule has 1 aliphatic heterocycles. The Bertz CT molecular complexity index is 653. The van der Waals surface area contributed by atoms with E-state index in [0.29, 0.717) is 23.6 Å². The zero-order valence-electron chi connectivity index (χ0n) is 9.94. The van der Waals surface area contributed by atoms with Gasteiger partial charge in [0.25, 0.3) is 0 Å². The van der Waals surface area contributed by atoms with Crippen LogP contribution in [-0.4, -0.2) is 5.91 Å². The first kappa shape index (κ1) is 12.0. The van der Waals surface area contributed by atoms with Gasteiger partial charge < -0.3 is 15.8 Å². The van der Waals surface area contributed by atoms with E-state index in [-0.39, 0.29) is 5.91 Å². The van der Waals surface area contributed by atoms with Crippen molar-refractivity contribution >= 4 is 33.2 Å². The van der Waals surface area contributed by atoms with Gasteiger partial charge in [-0.1, -0.05) is 15.9 Å². The normalized spacial score (nSPS) is 13.0. The molecular weight excluding hydrogens is 308 g/mol. The van der Waals surface area contributed by atoms with E-state index in [0.717, 1.165) is 15.7 Å². The molecule has 0 spiro atoms. The van der Waals surface area contributed by atoms with Crippen LogP contribution in [0.2, 0.25) is 0 Å². The molecule has 5 heteroatoms. The number of rotatable bonds is 2. The van der Waals surface area contributed by atoms with Crippen molar-refractivity contribution in [2.45, 2.75) is 6.42 Å². The lowest BCUT2D eigenvalue weighted by atomic mass is 10.1. The highest BCUT2D eigenvalue weighted by molar-refractivity contribution is 9.10. The van der Waals surface area contributed by atoms with Gasteiger partial charge in [-0.05, 0) is 35.9 Å². The summed E-state index contributed by atoms with van der Waals surface area (Å²) in [4.78, 5) is 11.3. The summed E-state index contributed by atoms with van der Waals surface area (Å²) < 4.78 is 6.71. The fourth-order valence-electron chi connectivity index (χ4n) is 1.99. The van der Waals surface area contributed by atoms with Gasteiger partial charge in [0.2, 0.25) is 5.91 Å². The molecule has 0 bridgehead atoms. The second-order valence-electron chi connectivity index (χ2n) is 4.33. The Balaban J connectivity index is 1.91. The quantitative estimate of drug-likeness (QED) is 0.835. The van der Waals surface area contributed by atoms with Gasteiger partial charge in [-0.25, -0.2) is 0 Å². The molecule has 0 saturated carbocycles. The fraction of sp³-hybridized carbons (Fsp3) is 0.0714. The number of amides is 1. The van der Waals surface area contributed by atoms with Crippen molar-refractivity contribution < 1.29 is 9.53 Å². The van der Waals surface area contributed by atoms with Gasteiger partial charge in [0.15, 0.2) is 5.75 Å². The molecule has 4 nitrogen and oxygen atoms in total. The first-order chi connectivity index (χ1) is 9.11. The third kappa shape index (κ3) is 2.42. The standard InChI is InChI=1S/C14H11BrN2O2/c15-9-1-3-10(4-2-9)19-13-7-12-8(5-11(13)16)6-14(18)17-12/h1-5,7H,6,16H2,(H,17,18). The van der Waals surface area contributed by atoms with Crippen LogP contribution in [0.4, 0.5) is 11.4 Å². The third-order valence-electron chi connectivity index (χ3n) is 2.90. The van der Waals surface area contributed by atoms with E-state index in [4.69, 9.17) is 10.5 Å². The van der Waals surface area contributed by atoms with Crippen LogP contribution in [0.3, 0.4) is 0 Å². The number of anilines is 2. The van der Waals surface area contributed by atoms with E-state index in [1.54, 1.807) is 12.1 Å². The number of carbonyl (C=O) groups excluding carboxylic acids is 1. The predicted molar refractivity (Wildman–Crippen MR) is 77.4 cm³/mol. The topological polar surface area (TPSA) is 64.3 Å². The van der Waals surface area contributed by atoms with Crippen LogP contribution in [0, 0.1) is 0 Å². The maximum absolute atomic E-state index is 11.3. The summed E-state index contributed by atoms with van der Waals surface area (Å²) in [5.74, 6) is 1.22. The van der Waals surface area contributed by atoms with Crippen molar-refractivity contribution in [1.82, 2.24) is 0 Å². The van der Waals surface area contributed by atoms with Gasteiger partial charge in [-0.15, -0.1) is 0 Å². The molecular formula is C14H11BrN2O2. The summed E-state index contributed by atoms with van der Waals surface area (Å²) in [6.07, 6.45) is 0.373. The molecule has 3 N–H and O–H groups in total. The van der Waals surface area contributed by atoms with Crippen LogP contribution >= 0.6 is 15.9 Å². The summed E-state index contributed by atoms with van der Waals surface area (Å²) in [5.41, 5.74) is 8.15. The molecule has 3 rings (SSSR count). The molecule has 2 aromatic carbocycles. The van der Waals surface area contributed by atoms with Crippen molar-refractivity contribution in [1.29, 1.82) is 0 Å². The van der Waals surface area contributed by atoms with E-state index in [2.05, 4.69) is 21.2 Å². The maximum atomic E-state index is 11.3. The Kier molecular flexibility index (Phi) is 2.91. The van der Waals surface area contributed by atoms with Crippen molar-refractivity contribution in [3.8, 4) is 11.5 Å². The second-order valence-corrected chi connectivity index (χ2v) is 5.24. The molecule has 1 amide bonds. The van der Waals surface area contributed by atoms with E-state index < -0.39 is 0 Å². The number of fused-ring (bicyclic) bond motifs is 1. The zero-order chi connectivity index (χ0) is 13.4. The van der Waals surface area contributed by atoms with Crippen LogP contribution in [0.25, 0.3) is 0 Å². The minimum absolute atomic E-state index is 0.0183. The summed E-state index contributed by atoms with van der Waals surface area (Å²) in [6, 6.07) is 11.0. The zero-order valence-corrected chi connectivity index (χ0v) is 11.5. The van der Waals surface area contributed by atoms with E-state index in [9.17, 15) is 4.79 Å². The minimum atomic E-state index is -0.0183. The van der Waals surface area contributed by atoms with Crippen LogP contribution in [0.5, 0.6) is 11.5 Å². The molecule has 0 aliphatic carbocycles. The van der Waals surface area contributed by atoms with E-state index in [1.807, 2.05) is 24.3 Å². The van der Waals surface area contributed by atoms with Crippen molar-refractivity contribution in [2.24, 2.45) is 0 Å². The predicted octanol–water partition coefficient (Wildman–Crippen LogP) is 3.32. The molecule has 0 fully saturated rings. The SMILES string of the molecule is Nc1cc2c(cc1Oc1ccc(Br)cc1)NC(=O)C2. The minimum Gasteiger partial charge on any atom is -0.455 e. The molecule has 0 aromatic heterocycles. The van der Waals surface area contributed by atoms with Gasteiger partial charge >= 0.3 is 0 Å². The highest BCUT2D eigenvalue weighted by Gasteiger charge is 2.19. The van der Waals surface area contributed by atoms with Gasteiger partial charge in [0, 0.05) is 16.2 Å². The van der Waals surface area contributed by atoms with Crippen LogP contribution in [-0.2, 0) is 11.2 Å². The Labute approximate surface area is 118 Å². The number of halogens is 1. The van der Waals surface area contributed by atoms with Crippen LogP contribution < -0.4 is 15.8 Å². The number of ether oxygens (including phenoxy) is 1. The average Bonchev–Trinajstić information content (AvgIpc) is 2.72. The van der Waals surface area contributed by atoms with Crippen LogP contribution in [0.15, 0.2) is 40.9 Å². The number of nitrogens with two attached hydrogens (primary N) is 1. The molecule has 0 unspecified atom stereocenters. The summed E-state index contributed by atoms with van der Waals surface area (Å²) >= 11 is 3.36. The highest BCUT2D eigenvalue weighted by Crippen LogP contribution is 2.35. The average molecular weight is 319 g/mol. The largest absolute Gasteiger partial charge is 0.455 e. The van der Waals surface area contributed by atoms with Crippen molar-refractivity contribution in [3.05, 3.63) is 46.4 Å². The van der Waals surface area contributed by atoms with Crippen molar-refractivity contribution in [2.75, 3.05) is 11.1 Å². The summed E-state index contributed by atoms with van der Waals surface area (Å²) in [6.45, 7) is 0. The number of benzene rings is 2. The molecule has 2 aromatic rings. The molecule has 0 radical (unpaired) electrons. The third-order valence-corrected chi connectivity index (χ3v) is 3.43. The first-order valence-corrected chi connectivity index (χ1v) is 6.57. The lowest BCUT2D eigenvalue weighted by Crippen LogP contribution is -2.03. The molecule has 0 saturated heterocycles. The molecule has 1 aliphatic rings. The maximum Gasteiger partial charge on any atom is 0.228 e. The first-order valence-electron chi connectivity index (χ1n) is 5.77. The van der Waals surface area contributed by atoms with Gasteiger partial charge in [0.1, 0.15) is 5.75 Å². The summed E-state index contributed by atoms with van der Waals surface area (Å²) in [5, 5.41) is 2.78. The Morgan fingerprint density at radius 1 is 1.21 bits per heavy atom. The second kappa shape index (κ2) is 4.59. The van der Waals surface area contributed by atoms with Gasteiger partial charge in [-0.3, -0.25) is 4.79 Å². The molecule has 19 heavy (non-hydrogen) atoms. The highest BCUT2D eigenvalue weighted by atomic mass is 79.9. The number of nitrogen functional groups attached to an aromatic ring is 1. The monoisotopic (exact) mass is 318 g/mol. The summed E-state index contributed by atoms with van der Waals surface area (Å²) in [7, 11) is 0. The Morgan fingerprint density at radius 3 is 2.68 bits per heavy atom. The number of carbonyl (C=O) groups is 1. The van der Waals surface area contributed by atoms with E-state index in [1.165, 1.54) is 0 Å². The fourth-order valence-corrected chi connectivity index (χ4v) is 2.26. The van der Waals surface area contributed by atoms with Crippen LogP contribution in [0.1, 0.15) is 5.56 Å². The Morgan fingerprint density at radius 2 is 1.95 bits per heavy atom.